The van der Waals surface area contributed by atoms with E-state index in [1.807, 2.05) is 13.8 Å². The van der Waals surface area contributed by atoms with E-state index in [9.17, 15) is 58.0 Å². The van der Waals surface area contributed by atoms with Gasteiger partial charge in [0.15, 0.2) is 45.7 Å². The molecule has 7 rings (SSSR count). The summed E-state index contributed by atoms with van der Waals surface area (Å²) in [4.78, 5) is 34.9. The number of carboxylic acid groups (broad SMARTS) is 1. The lowest BCUT2D eigenvalue weighted by Gasteiger charge is -2.07. The summed E-state index contributed by atoms with van der Waals surface area (Å²) in [7, 11) is 0.638. The fraction of sp³-hybridized carbons (Fsp3) is 0.180. The molecule has 0 saturated carbocycles. The van der Waals surface area contributed by atoms with E-state index in [2.05, 4.69) is 0 Å². The Bertz CT molecular complexity index is 2840. The number of carboxylic acids is 1. The van der Waals surface area contributed by atoms with Gasteiger partial charge in [0.25, 0.3) is 0 Å². The van der Waals surface area contributed by atoms with Gasteiger partial charge in [-0.2, -0.15) is 0 Å². The molecular formula is C50H52BF3O17. The molecule has 0 saturated heterocycles. The normalized spacial score (nSPS) is 9.80. The molecule has 0 aliphatic rings. The first kappa shape index (κ1) is 58.4. The number of carbonyl (C=O) groups excluding carboxylic acids is 1. The number of Topliss-reactive ketones (excluding diaryl/α,β-unsaturated/α-hetero) is 1. The van der Waals surface area contributed by atoms with Gasteiger partial charge in [0.2, 0.25) is 0 Å². The topological polar surface area (TPSA) is 283 Å². The van der Waals surface area contributed by atoms with Crippen LogP contribution in [-0.2, 0) is 22.4 Å². The Labute approximate surface area is 405 Å². The number of hydrogen-bond acceptors (Lipinski definition) is 16. The van der Waals surface area contributed by atoms with Crippen molar-refractivity contribution in [3.63, 3.8) is 0 Å². The zero-order valence-electron chi connectivity index (χ0n) is 38.9. The van der Waals surface area contributed by atoms with E-state index in [0.29, 0.717) is 50.5 Å². The number of phenolic OH excluding ortho intramolecular Hbond substituents is 8. The summed E-state index contributed by atoms with van der Waals surface area (Å²) in [6.45, 7) is 5.67. The Morgan fingerprint density at radius 1 is 0.563 bits per heavy atom. The van der Waals surface area contributed by atoms with Crippen molar-refractivity contribution in [3.05, 3.63) is 148 Å². The van der Waals surface area contributed by atoms with Crippen LogP contribution in [0, 0.1) is 0 Å². The van der Waals surface area contributed by atoms with Crippen molar-refractivity contribution in [2.45, 2.75) is 26.7 Å². The van der Waals surface area contributed by atoms with Crippen LogP contribution in [0.1, 0.15) is 35.3 Å². The number of aromatic hydroxyl groups is 8. The molecule has 0 spiro atoms. The Morgan fingerprint density at radius 2 is 1.08 bits per heavy atom. The number of ketones is 1. The van der Waals surface area contributed by atoms with Crippen LogP contribution in [0.2, 0.25) is 0 Å². The van der Waals surface area contributed by atoms with Gasteiger partial charge in [-0.05, 0) is 103 Å². The van der Waals surface area contributed by atoms with Gasteiger partial charge >= 0.3 is 13.5 Å². The monoisotopic (exact) mass is 992 g/mol. The summed E-state index contributed by atoms with van der Waals surface area (Å²) in [5.74, 6) is -0.546. The number of halogens is 3. The number of benzene rings is 6. The molecule has 0 unspecified atom stereocenters. The van der Waals surface area contributed by atoms with Crippen LogP contribution < -0.4 is 19.6 Å². The molecule has 7 aromatic rings. The first-order valence-electron chi connectivity index (χ1n) is 20.8. The summed E-state index contributed by atoms with van der Waals surface area (Å²) >= 11 is 0. The van der Waals surface area contributed by atoms with Gasteiger partial charge in [-0.25, -0.2) is 0 Å². The molecule has 0 radical (unpaired) electrons. The average molecular weight is 993 g/mol. The van der Waals surface area contributed by atoms with Gasteiger partial charge in [0.1, 0.15) is 40.6 Å². The lowest BCUT2D eigenvalue weighted by Crippen LogP contribution is -2.04. The number of phenols is 8. The summed E-state index contributed by atoms with van der Waals surface area (Å²) in [6, 6.07) is 27.8. The van der Waals surface area contributed by atoms with Crippen LogP contribution >= 0.6 is 0 Å². The van der Waals surface area contributed by atoms with Crippen molar-refractivity contribution in [2.24, 2.45) is 0 Å². The highest BCUT2D eigenvalue weighted by Gasteiger charge is 2.15. The van der Waals surface area contributed by atoms with Gasteiger partial charge in [-0.15, -0.1) is 0 Å². The number of hydrogen-bond donors (Lipinski definition) is 9. The lowest BCUT2D eigenvalue weighted by atomic mass is 10.0. The van der Waals surface area contributed by atoms with Crippen molar-refractivity contribution < 1.29 is 91.9 Å². The minimum absolute atomic E-state index is 0.0108. The number of rotatable bonds is 11. The molecule has 21 heteroatoms. The van der Waals surface area contributed by atoms with Gasteiger partial charge in [-0.3, -0.25) is 27.3 Å². The van der Waals surface area contributed by atoms with Crippen molar-refractivity contribution in [1.82, 2.24) is 0 Å². The predicted molar refractivity (Wildman–Crippen MR) is 257 cm³/mol. The summed E-state index contributed by atoms with van der Waals surface area (Å²) in [6.07, 6.45) is 1.26. The van der Waals surface area contributed by atoms with Crippen LogP contribution in [-0.4, -0.2) is 99.8 Å². The number of fused-ring (bicyclic) bond motifs is 1. The molecule has 0 aliphatic heterocycles. The summed E-state index contributed by atoms with van der Waals surface area (Å²) in [5, 5.41) is 83.0. The van der Waals surface area contributed by atoms with Gasteiger partial charge in [0.05, 0.1) is 44.3 Å². The van der Waals surface area contributed by atoms with Gasteiger partial charge in [-0.1, -0.05) is 24.3 Å². The van der Waals surface area contributed by atoms with E-state index >= 15 is 0 Å². The summed E-state index contributed by atoms with van der Waals surface area (Å²) < 4.78 is 53.9. The van der Waals surface area contributed by atoms with Gasteiger partial charge in [0, 0.05) is 37.8 Å². The second kappa shape index (κ2) is 29.9. The Hall–Kier alpha value is -8.72. The maximum absolute atomic E-state index is 12.5. The largest absolute Gasteiger partial charge is 0.762 e. The summed E-state index contributed by atoms with van der Waals surface area (Å²) in [5.41, 5.74) is 2.24. The quantitative estimate of drug-likeness (QED) is 0.0431. The van der Waals surface area contributed by atoms with Crippen LogP contribution in [0.4, 0.5) is 12.9 Å². The number of carbonyl (C=O) groups is 2. The van der Waals surface area contributed by atoms with E-state index < -0.39 is 13.5 Å². The van der Waals surface area contributed by atoms with Crippen molar-refractivity contribution in [2.75, 3.05) is 34.5 Å². The smallest absolute Gasteiger partial charge is 0.508 e. The van der Waals surface area contributed by atoms with E-state index in [-0.39, 0.29) is 75.6 Å². The molecule has 71 heavy (non-hydrogen) atoms. The molecule has 0 atom stereocenters. The molecule has 1 aromatic heterocycles. The standard InChI is InChI=1S/C16H12O5.C15H14O5.C9H10O4.C6H6O2.C4H10O.BF3/c1-20-14-5-2-9(6-13(14)18)12-8-21-15-7-10(17)3-4-11(15)16(12)19;1-20-15-5-2-9(7-14(15)19)6-12(17)11-4-3-10(16)8-13(11)18;1-13-8-4-6(5-9(11)12)2-3-7(8)10;7-5-2-1-3-6(8)4-5;1-3-5-4-2;2-1(3)4/h2-8,17-18H,1H3;2-5,7-8,16,18-19H,6H2,1H3;2-4,10H,5H2,1H3,(H,11,12);1-4,7-8H;3-4H2,1-2H3;. The minimum atomic E-state index is -3.67. The highest BCUT2D eigenvalue weighted by Crippen LogP contribution is 2.32. The molecule has 0 bridgehead atoms. The molecule has 1 heterocycles. The highest BCUT2D eigenvalue weighted by molar-refractivity contribution is 6.33. The first-order valence-corrected chi connectivity index (χ1v) is 20.8. The molecule has 0 fully saturated rings. The number of ether oxygens (including phenoxy) is 4. The van der Waals surface area contributed by atoms with Crippen molar-refractivity contribution in [1.29, 1.82) is 0 Å². The highest BCUT2D eigenvalue weighted by atomic mass is 19.4. The van der Waals surface area contributed by atoms with Crippen LogP contribution in [0.3, 0.4) is 0 Å². The zero-order chi connectivity index (χ0) is 53.2. The first-order chi connectivity index (χ1) is 33.7. The molecule has 6 aromatic carbocycles. The number of methoxy groups -OCH3 is 3. The predicted octanol–water partition coefficient (Wildman–Crippen LogP) is 9.17. The van der Waals surface area contributed by atoms with Crippen LogP contribution in [0.5, 0.6) is 63.2 Å². The third kappa shape index (κ3) is 20.2. The SMILES string of the molecule is CCOCC.COc1cc(CC(=O)O)ccc1O.COc1ccc(-c2coc3cc(O)ccc3c2=O)cc1O.COc1ccc(CC(=O)c2ccc(O)cc2O)cc1O.FB(F)F.Oc1cccc(O)c1. The number of aliphatic carboxylic acids is 1. The fourth-order valence-electron chi connectivity index (χ4n) is 5.76. The lowest BCUT2D eigenvalue weighted by molar-refractivity contribution is -0.136. The molecule has 0 amide bonds. The third-order valence-corrected chi connectivity index (χ3v) is 8.98. The van der Waals surface area contributed by atoms with Crippen LogP contribution in [0.25, 0.3) is 22.1 Å². The van der Waals surface area contributed by atoms with E-state index in [1.165, 1.54) is 100 Å². The zero-order valence-corrected chi connectivity index (χ0v) is 38.9. The maximum Gasteiger partial charge on any atom is 0.762 e. The Morgan fingerprint density at radius 3 is 1.58 bits per heavy atom. The fourth-order valence-corrected chi connectivity index (χ4v) is 5.76. The van der Waals surface area contributed by atoms with Crippen molar-refractivity contribution >= 4 is 30.3 Å². The Balaban J connectivity index is 0.000000319. The average Bonchev–Trinajstić information content (AvgIpc) is 3.30. The molecule has 9 N–H and O–H groups in total. The van der Waals surface area contributed by atoms with E-state index in [4.69, 9.17) is 38.7 Å². The van der Waals surface area contributed by atoms with E-state index in [1.54, 1.807) is 36.4 Å². The second-order valence-corrected chi connectivity index (χ2v) is 14.0. The molecular weight excluding hydrogens is 940 g/mol. The van der Waals surface area contributed by atoms with Gasteiger partial charge < -0.3 is 69.3 Å². The minimum Gasteiger partial charge on any atom is -0.508 e. The molecule has 0 aliphatic carbocycles. The maximum atomic E-state index is 12.5. The molecule has 378 valence electrons. The van der Waals surface area contributed by atoms with E-state index in [0.717, 1.165) is 19.3 Å². The Kier molecular flexibility index (Phi) is 24.6. The van der Waals surface area contributed by atoms with Crippen molar-refractivity contribution in [3.8, 4) is 74.4 Å². The third-order valence-electron chi connectivity index (χ3n) is 8.98. The molecule has 17 nitrogen and oxygen atoms in total. The van der Waals surface area contributed by atoms with Crippen LogP contribution in [0.15, 0.2) is 131 Å². The second-order valence-electron chi connectivity index (χ2n) is 14.0.